The summed E-state index contributed by atoms with van der Waals surface area (Å²) in [6.07, 6.45) is 1.93. The molecule has 0 aliphatic heterocycles. The molecule has 0 unspecified atom stereocenters. The van der Waals surface area contributed by atoms with Crippen molar-refractivity contribution in [3.63, 3.8) is 0 Å². The van der Waals surface area contributed by atoms with Gasteiger partial charge in [0.15, 0.2) is 4.90 Å². The molecule has 136 valence electrons. The molecule has 0 fully saturated rings. The van der Waals surface area contributed by atoms with Crippen molar-refractivity contribution in [1.29, 1.82) is 0 Å². The van der Waals surface area contributed by atoms with Gasteiger partial charge in [-0.05, 0) is 41.8 Å². The van der Waals surface area contributed by atoms with Crippen LogP contribution in [0.3, 0.4) is 0 Å². The predicted octanol–water partition coefficient (Wildman–Crippen LogP) is 5.54. The van der Waals surface area contributed by atoms with Crippen molar-refractivity contribution < 1.29 is 17.3 Å². The van der Waals surface area contributed by atoms with Crippen LogP contribution < -0.4 is 0 Å². The molecule has 0 saturated heterocycles. The topological polar surface area (TPSA) is 0 Å². The molecule has 0 aliphatic rings. The smallest absolute Gasteiger partial charge is 0.418 e. The standard InChI is InChI=1S/C20H18S.BF4/c21-20-13-7-12-18(14-16-8-3-1-4-9-16)19(20)15-17-10-5-2-6-11-17;2-1(3,4)5/h1-13,21H,14-15H2;/q;-1/p+1. The highest BCUT2D eigenvalue weighted by Crippen LogP contribution is 2.21. The van der Waals surface area contributed by atoms with E-state index in [1.165, 1.54) is 27.1 Å². The van der Waals surface area contributed by atoms with Crippen LogP contribution in [0.5, 0.6) is 0 Å². The molecule has 0 N–H and O–H groups in total. The minimum Gasteiger partial charge on any atom is -0.418 e. The number of rotatable bonds is 4. The van der Waals surface area contributed by atoms with Gasteiger partial charge in [0.05, 0.1) is 0 Å². The first kappa shape index (κ1) is 20.1. The highest BCUT2D eigenvalue weighted by Gasteiger charge is 2.20. The van der Waals surface area contributed by atoms with E-state index in [1.54, 1.807) is 0 Å². The molecule has 0 saturated carbocycles. The lowest BCUT2D eigenvalue weighted by atomic mass is 9.95. The van der Waals surface area contributed by atoms with Crippen molar-refractivity contribution in [3.8, 4) is 0 Å². The molecular formula is C20H19BF4S. The lowest BCUT2D eigenvalue weighted by Crippen LogP contribution is -2.02. The van der Waals surface area contributed by atoms with E-state index in [0.29, 0.717) is 0 Å². The Morgan fingerprint density at radius 1 is 0.615 bits per heavy atom. The lowest BCUT2D eigenvalue weighted by molar-refractivity contribution is 0.368. The molecule has 3 aromatic rings. The van der Waals surface area contributed by atoms with Crippen LogP contribution in [0.25, 0.3) is 0 Å². The van der Waals surface area contributed by atoms with Crippen LogP contribution in [0, 0.1) is 0 Å². The fourth-order valence-corrected chi connectivity index (χ4v) is 2.97. The zero-order chi connectivity index (χ0) is 19.0. The zero-order valence-corrected chi connectivity index (χ0v) is 15.0. The summed E-state index contributed by atoms with van der Waals surface area (Å²) in [5.41, 5.74) is 5.46. The molecule has 0 nitrogen and oxygen atoms in total. The second-order valence-electron chi connectivity index (χ2n) is 5.76. The molecule has 0 radical (unpaired) electrons. The highest BCUT2D eigenvalue weighted by atomic mass is 32.1. The highest BCUT2D eigenvalue weighted by molar-refractivity contribution is 7.58. The molecule has 3 rings (SSSR count). The van der Waals surface area contributed by atoms with E-state index >= 15 is 0 Å². The van der Waals surface area contributed by atoms with Crippen molar-refractivity contribution in [2.45, 2.75) is 17.7 Å². The number of halogens is 4. The molecule has 0 heterocycles. The van der Waals surface area contributed by atoms with Gasteiger partial charge in [0, 0.05) is 12.0 Å². The second kappa shape index (κ2) is 9.48. The van der Waals surface area contributed by atoms with Gasteiger partial charge in [0.1, 0.15) is 0 Å². The summed E-state index contributed by atoms with van der Waals surface area (Å²) in [5.74, 6) is 0. The van der Waals surface area contributed by atoms with Crippen LogP contribution in [0.4, 0.5) is 17.3 Å². The van der Waals surface area contributed by atoms with E-state index in [2.05, 4.69) is 91.5 Å². The Balaban J connectivity index is 0.000000431. The Kier molecular flexibility index (Phi) is 7.33. The molecule has 0 aliphatic carbocycles. The van der Waals surface area contributed by atoms with Crippen LogP contribution in [0.2, 0.25) is 0 Å². The van der Waals surface area contributed by atoms with Gasteiger partial charge in [-0.15, -0.1) is 0 Å². The van der Waals surface area contributed by atoms with Gasteiger partial charge in [-0.3, -0.25) is 0 Å². The van der Waals surface area contributed by atoms with E-state index in [9.17, 15) is 17.3 Å². The van der Waals surface area contributed by atoms with Gasteiger partial charge < -0.3 is 17.3 Å². The van der Waals surface area contributed by atoms with Gasteiger partial charge in [0.2, 0.25) is 0 Å². The molecule has 3 aromatic carbocycles. The fourth-order valence-electron chi connectivity index (χ4n) is 2.62. The largest absolute Gasteiger partial charge is 0.673 e. The van der Waals surface area contributed by atoms with Gasteiger partial charge in [0.25, 0.3) is 0 Å². The first-order valence-corrected chi connectivity index (χ1v) is 8.60. The first-order chi connectivity index (χ1) is 12.3. The van der Waals surface area contributed by atoms with E-state index in [-0.39, 0.29) is 0 Å². The minimum absolute atomic E-state index is 0.961. The summed E-state index contributed by atoms with van der Waals surface area (Å²) in [4.78, 5) is 1.19. The summed E-state index contributed by atoms with van der Waals surface area (Å²) in [7, 11) is -6.00. The Hall–Kier alpha value is -2.21. The van der Waals surface area contributed by atoms with Crippen LogP contribution in [0.15, 0.2) is 83.8 Å². The fraction of sp³-hybridized carbons (Fsp3) is 0.100. The van der Waals surface area contributed by atoms with Crippen molar-refractivity contribution in [3.05, 3.63) is 101 Å². The number of benzene rings is 3. The van der Waals surface area contributed by atoms with Crippen LogP contribution in [-0.2, 0) is 25.5 Å². The van der Waals surface area contributed by atoms with Gasteiger partial charge in [-0.1, -0.05) is 72.8 Å². The molecule has 0 spiro atoms. The molecule has 0 aromatic heterocycles. The maximum atomic E-state index is 9.75. The lowest BCUT2D eigenvalue weighted by Gasteiger charge is -2.10. The summed E-state index contributed by atoms with van der Waals surface area (Å²) >= 11 is 3.77. The van der Waals surface area contributed by atoms with Gasteiger partial charge in [-0.25, -0.2) is 0 Å². The average molecular weight is 378 g/mol. The SMILES string of the molecule is F[B-](F)(F)F.[SH2+]c1cccc(Cc2ccccc2)c1Cc1ccccc1. The van der Waals surface area contributed by atoms with Gasteiger partial charge in [-0.2, -0.15) is 0 Å². The maximum absolute atomic E-state index is 9.75. The quantitative estimate of drug-likeness (QED) is 0.318. The van der Waals surface area contributed by atoms with Crippen LogP contribution in [-0.4, -0.2) is 7.25 Å². The molecule has 26 heavy (non-hydrogen) atoms. The third-order valence-corrected chi connectivity index (χ3v) is 4.20. The predicted molar refractivity (Wildman–Crippen MR) is 104 cm³/mol. The minimum atomic E-state index is -6.00. The van der Waals surface area contributed by atoms with Crippen LogP contribution in [0.1, 0.15) is 22.3 Å². The summed E-state index contributed by atoms with van der Waals surface area (Å²) in [6.45, 7) is 0. The monoisotopic (exact) mass is 378 g/mol. The summed E-state index contributed by atoms with van der Waals surface area (Å²) in [5, 5.41) is 0. The molecule has 0 amide bonds. The average Bonchev–Trinajstić information content (AvgIpc) is 2.58. The molecule has 0 atom stereocenters. The molecule has 0 bridgehead atoms. The Morgan fingerprint density at radius 2 is 1.08 bits per heavy atom. The summed E-state index contributed by atoms with van der Waals surface area (Å²) < 4.78 is 39.0. The zero-order valence-electron chi connectivity index (χ0n) is 14.0. The van der Waals surface area contributed by atoms with E-state index in [0.717, 1.165) is 12.8 Å². The Labute approximate surface area is 156 Å². The third-order valence-electron chi connectivity index (χ3n) is 3.73. The molecular weight excluding hydrogens is 359 g/mol. The van der Waals surface area contributed by atoms with Crippen LogP contribution >= 0.6 is 0 Å². The van der Waals surface area contributed by atoms with Gasteiger partial charge >= 0.3 is 7.25 Å². The number of hydrogen-bond donors (Lipinski definition) is 0. The third kappa shape index (κ3) is 7.36. The van der Waals surface area contributed by atoms with Crippen molar-refractivity contribution >= 4 is 19.9 Å². The van der Waals surface area contributed by atoms with E-state index in [4.69, 9.17) is 0 Å². The summed E-state index contributed by atoms with van der Waals surface area (Å²) in [6, 6.07) is 27.8. The molecule has 6 heteroatoms. The van der Waals surface area contributed by atoms with Crippen molar-refractivity contribution in [2.24, 2.45) is 0 Å². The first-order valence-electron chi connectivity index (χ1n) is 8.10. The van der Waals surface area contributed by atoms with E-state index < -0.39 is 7.25 Å². The van der Waals surface area contributed by atoms with Crippen molar-refractivity contribution in [1.82, 2.24) is 0 Å². The maximum Gasteiger partial charge on any atom is 0.673 e. The van der Waals surface area contributed by atoms with E-state index in [1.807, 2.05) is 0 Å². The number of hydrogen-bond acceptors (Lipinski definition) is 0. The Bertz CT molecular complexity index is 799. The van der Waals surface area contributed by atoms with Crippen molar-refractivity contribution in [2.75, 3.05) is 0 Å². The second-order valence-corrected chi connectivity index (χ2v) is 6.30. The normalized spacial score (nSPS) is 10.8. The Morgan fingerprint density at radius 3 is 1.58 bits per heavy atom.